The van der Waals surface area contributed by atoms with Gasteiger partial charge in [0.25, 0.3) is 5.69 Å². The fourth-order valence-electron chi connectivity index (χ4n) is 5.44. The van der Waals surface area contributed by atoms with Gasteiger partial charge in [0.05, 0.1) is 19.0 Å². The van der Waals surface area contributed by atoms with Gasteiger partial charge in [-0.3, -0.25) is 4.79 Å². The summed E-state index contributed by atoms with van der Waals surface area (Å²) in [5.74, 6) is -3.63. The number of ether oxygens (including phenoxy) is 1. The molecule has 4 aromatic rings. The average molecular weight is 653 g/mol. The molecule has 1 amide bonds. The van der Waals surface area contributed by atoms with Gasteiger partial charge in [0.15, 0.2) is 5.69 Å². The molecule has 0 aliphatic rings. The Hall–Kier alpha value is -4.80. The van der Waals surface area contributed by atoms with E-state index in [1.54, 1.807) is 83.1 Å². The second-order valence-corrected chi connectivity index (χ2v) is 12.5. The minimum absolute atomic E-state index is 0.0248. The number of aromatic nitrogens is 2. The van der Waals surface area contributed by atoms with Crippen LogP contribution in [0.5, 0.6) is 0 Å². The van der Waals surface area contributed by atoms with Gasteiger partial charge < -0.3 is 14.8 Å². The molecule has 1 heterocycles. The van der Waals surface area contributed by atoms with Gasteiger partial charge in [0.2, 0.25) is 11.5 Å². The number of hydrogen-bond acceptors (Lipinski definition) is 4. The minimum atomic E-state index is -4.78. The Balaban J connectivity index is 1.70. The number of carbonyl (C=O) groups is 3. The summed E-state index contributed by atoms with van der Waals surface area (Å²) in [5.41, 5.74) is 0.192. The first kappa shape index (κ1) is 35.1. The van der Waals surface area contributed by atoms with Gasteiger partial charge in [-0.25, -0.2) is 9.18 Å². The lowest BCUT2D eigenvalue weighted by atomic mass is 9.82. The molecule has 7 nitrogen and oxygen atoms in total. The molecule has 4 rings (SSSR count). The van der Waals surface area contributed by atoms with Crippen LogP contribution < -0.4 is 10.00 Å². The second-order valence-electron chi connectivity index (χ2n) is 12.5. The summed E-state index contributed by atoms with van der Waals surface area (Å²) in [6, 6.07) is 20.4. The maximum Gasteiger partial charge on any atom is 0.437 e. The monoisotopic (exact) mass is 652 g/mol. The minimum Gasteiger partial charge on any atom is -0.444 e. The average Bonchev–Trinajstić information content (AvgIpc) is 3.37. The number of Topliss-reactive ketones (excluding diaryl/α,β-unsaturated/α-hetero) is 1. The van der Waals surface area contributed by atoms with Gasteiger partial charge in [-0.2, -0.15) is 13.2 Å². The molecule has 3 atom stereocenters. The number of hydrogen-bond donors (Lipinski definition) is 1. The maximum atomic E-state index is 15.3. The Morgan fingerprint density at radius 1 is 0.936 bits per heavy atom. The zero-order chi connectivity index (χ0) is 34.7. The van der Waals surface area contributed by atoms with Crippen molar-refractivity contribution in [2.45, 2.75) is 64.8 Å². The number of carbonyl (C=O) groups excluding carboxylic acids is 3. The van der Waals surface area contributed by atoms with Crippen molar-refractivity contribution >= 4 is 18.2 Å². The number of nitrogens with one attached hydrogen (secondary N) is 1. The molecular formula is C36H38F4N3O4+. The molecule has 0 saturated carbocycles. The van der Waals surface area contributed by atoms with Crippen molar-refractivity contribution in [2.24, 2.45) is 13.0 Å². The van der Waals surface area contributed by atoms with Gasteiger partial charge in [-0.15, -0.1) is 4.68 Å². The second kappa shape index (κ2) is 13.9. The lowest BCUT2D eigenvalue weighted by molar-refractivity contribution is -0.686. The fraction of sp³-hybridized carbons (Fsp3) is 0.333. The third-order valence-corrected chi connectivity index (χ3v) is 8.01. The largest absolute Gasteiger partial charge is 0.444 e. The standard InChI is InChI=1S/C36H37F4N3O4/c1-22(28-18-26(15-16-30(28)37)29(21-44)25-12-8-7-9-13-25)23(2)33(45)31-19-32(36(38,39)40)42(6)43(31)27-14-10-11-24(17-27)20-41-34(46)47-35(3,4)5/h7-19,21-23,29H,20H2,1-6H3/p+1. The molecule has 1 aromatic heterocycles. The molecule has 47 heavy (non-hydrogen) atoms. The number of benzene rings is 3. The Kier molecular flexibility index (Phi) is 10.4. The molecule has 0 saturated heterocycles. The van der Waals surface area contributed by atoms with Crippen LogP contribution in [0.2, 0.25) is 0 Å². The zero-order valence-electron chi connectivity index (χ0n) is 27.1. The summed E-state index contributed by atoms with van der Waals surface area (Å²) < 4.78 is 64.9. The Labute approximate surface area is 271 Å². The summed E-state index contributed by atoms with van der Waals surface area (Å²) in [5, 5.41) is 2.62. The number of alkyl halides is 3. The highest BCUT2D eigenvalue weighted by Crippen LogP contribution is 2.34. The molecule has 0 fully saturated rings. The van der Waals surface area contributed by atoms with Crippen LogP contribution in [0.1, 0.15) is 84.9 Å². The van der Waals surface area contributed by atoms with E-state index < -0.39 is 52.9 Å². The Bertz CT molecular complexity index is 1760. The van der Waals surface area contributed by atoms with Crippen LogP contribution in [0.4, 0.5) is 22.4 Å². The van der Waals surface area contributed by atoms with Crippen molar-refractivity contribution in [2.75, 3.05) is 0 Å². The van der Waals surface area contributed by atoms with Crippen molar-refractivity contribution in [3.63, 3.8) is 0 Å². The third-order valence-electron chi connectivity index (χ3n) is 8.01. The Morgan fingerprint density at radius 2 is 1.62 bits per heavy atom. The molecule has 0 spiro atoms. The third kappa shape index (κ3) is 8.14. The topological polar surface area (TPSA) is 81.3 Å². The van der Waals surface area contributed by atoms with Gasteiger partial charge in [-0.1, -0.05) is 73.1 Å². The van der Waals surface area contributed by atoms with Crippen LogP contribution >= 0.6 is 0 Å². The van der Waals surface area contributed by atoms with Gasteiger partial charge in [0.1, 0.15) is 17.7 Å². The van der Waals surface area contributed by atoms with Crippen molar-refractivity contribution in [1.82, 2.24) is 10.00 Å². The summed E-state index contributed by atoms with van der Waals surface area (Å²) in [7, 11) is 1.20. The van der Waals surface area contributed by atoms with E-state index in [1.807, 2.05) is 6.07 Å². The quantitative estimate of drug-likeness (QED) is 0.0836. The highest BCUT2D eigenvalue weighted by Gasteiger charge is 2.43. The summed E-state index contributed by atoms with van der Waals surface area (Å²) in [6.07, 6.45) is -4.68. The highest BCUT2D eigenvalue weighted by molar-refractivity contribution is 5.95. The highest BCUT2D eigenvalue weighted by atomic mass is 19.4. The molecule has 248 valence electrons. The molecule has 0 bridgehead atoms. The number of nitrogens with zero attached hydrogens (tertiary/aromatic N) is 2. The van der Waals surface area contributed by atoms with E-state index >= 15 is 4.39 Å². The molecule has 3 aromatic carbocycles. The number of ketones is 1. The maximum absolute atomic E-state index is 15.3. The molecular weight excluding hydrogens is 614 g/mol. The van der Waals surface area contributed by atoms with E-state index in [-0.39, 0.29) is 23.5 Å². The lowest BCUT2D eigenvalue weighted by Gasteiger charge is -2.21. The van der Waals surface area contributed by atoms with Crippen molar-refractivity contribution in [3.8, 4) is 5.69 Å². The SMILES string of the molecule is CC(C(=O)c1cc(C(F)(F)F)n(C)[n+]1-c1cccc(CNC(=O)OC(C)(C)C)c1)C(C)c1cc(C(C=O)c2ccccc2)ccc1F. The normalized spacial score (nSPS) is 13.8. The first-order valence-electron chi connectivity index (χ1n) is 15.1. The number of amides is 1. The number of alkyl carbamates (subject to hydrolysis) is 1. The van der Waals surface area contributed by atoms with Crippen LogP contribution in [-0.4, -0.2) is 28.4 Å². The molecule has 1 N–H and O–H groups in total. The van der Waals surface area contributed by atoms with E-state index in [1.165, 1.54) is 25.2 Å². The summed E-state index contributed by atoms with van der Waals surface area (Å²) in [4.78, 5) is 38.3. The van der Waals surface area contributed by atoms with Gasteiger partial charge in [0, 0.05) is 24.6 Å². The summed E-state index contributed by atoms with van der Waals surface area (Å²) in [6.45, 7) is 8.35. The van der Waals surface area contributed by atoms with E-state index in [9.17, 15) is 27.6 Å². The number of halogens is 4. The molecule has 11 heteroatoms. The van der Waals surface area contributed by atoms with Crippen LogP contribution in [0, 0.1) is 11.7 Å². The number of rotatable bonds is 10. The smallest absolute Gasteiger partial charge is 0.437 e. The van der Waals surface area contributed by atoms with E-state index in [4.69, 9.17) is 4.74 Å². The summed E-state index contributed by atoms with van der Waals surface area (Å²) >= 11 is 0. The predicted octanol–water partition coefficient (Wildman–Crippen LogP) is 7.44. The van der Waals surface area contributed by atoms with Crippen LogP contribution in [0.3, 0.4) is 0 Å². The van der Waals surface area contributed by atoms with Gasteiger partial charge in [-0.05, 0) is 55.0 Å². The molecule has 0 aliphatic heterocycles. The van der Waals surface area contributed by atoms with Crippen molar-refractivity contribution in [1.29, 1.82) is 0 Å². The molecule has 0 radical (unpaired) electrons. The van der Waals surface area contributed by atoms with E-state index in [0.29, 0.717) is 16.7 Å². The number of aldehydes is 1. The molecule has 3 unspecified atom stereocenters. The van der Waals surface area contributed by atoms with Crippen LogP contribution in [0.25, 0.3) is 5.69 Å². The first-order valence-corrected chi connectivity index (χ1v) is 15.1. The fourth-order valence-corrected chi connectivity index (χ4v) is 5.44. The first-order chi connectivity index (χ1) is 22.0. The Morgan fingerprint density at radius 3 is 2.23 bits per heavy atom. The van der Waals surface area contributed by atoms with Crippen molar-refractivity contribution in [3.05, 3.63) is 118 Å². The lowest BCUT2D eigenvalue weighted by Crippen LogP contribution is -2.46. The van der Waals surface area contributed by atoms with Crippen LogP contribution in [-0.2, 0) is 29.3 Å². The van der Waals surface area contributed by atoms with Crippen molar-refractivity contribution < 1.29 is 41.4 Å². The van der Waals surface area contributed by atoms with E-state index in [2.05, 4.69) is 5.32 Å². The molecule has 0 aliphatic carbocycles. The van der Waals surface area contributed by atoms with Gasteiger partial charge >= 0.3 is 12.3 Å². The predicted molar refractivity (Wildman–Crippen MR) is 168 cm³/mol. The zero-order valence-corrected chi connectivity index (χ0v) is 27.1. The van der Waals surface area contributed by atoms with E-state index in [0.717, 1.165) is 21.7 Å². The van der Waals surface area contributed by atoms with Crippen LogP contribution in [0.15, 0.2) is 78.9 Å².